The quantitative estimate of drug-likeness (QED) is 0.281. The number of halogens is 2. The molecular weight excluding hydrogens is 462 g/mol. The molecule has 1 aromatic carbocycles. The van der Waals surface area contributed by atoms with Crippen LogP contribution in [0.3, 0.4) is 0 Å². The van der Waals surface area contributed by atoms with Crippen molar-refractivity contribution in [2.75, 3.05) is 46.9 Å². The molecule has 1 atom stereocenters. The lowest BCUT2D eigenvalue weighted by molar-refractivity contribution is 0.144. The van der Waals surface area contributed by atoms with Gasteiger partial charge in [0.15, 0.2) is 5.96 Å². The van der Waals surface area contributed by atoms with Crippen LogP contribution < -0.4 is 15.4 Å². The van der Waals surface area contributed by atoms with E-state index in [4.69, 9.17) is 9.47 Å². The normalized spacial score (nSPS) is 15.2. The van der Waals surface area contributed by atoms with Gasteiger partial charge in [-0.2, -0.15) is 0 Å². The molecule has 1 aromatic rings. The first-order chi connectivity index (χ1) is 12.6. The zero-order valence-corrected chi connectivity index (χ0v) is 18.7. The van der Waals surface area contributed by atoms with Crippen LogP contribution in [-0.2, 0) is 4.74 Å². The van der Waals surface area contributed by atoms with E-state index in [0.717, 1.165) is 32.2 Å². The van der Waals surface area contributed by atoms with Crippen molar-refractivity contribution in [2.45, 2.75) is 31.9 Å². The summed E-state index contributed by atoms with van der Waals surface area (Å²) in [6.45, 7) is 6.02. The number of rotatable bonds is 11. The topological polar surface area (TPSA) is 58.1 Å². The van der Waals surface area contributed by atoms with Crippen molar-refractivity contribution in [3.63, 3.8) is 0 Å². The van der Waals surface area contributed by atoms with Gasteiger partial charge in [-0.05, 0) is 31.9 Å². The van der Waals surface area contributed by atoms with Gasteiger partial charge in [-0.1, -0.05) is 6.07 Å². The first-order valence-electron chi connectivity index (χ1n) is 9.22. The number of hydrogen-bond acceptors (Lipinski definition) is 4. The summed E-state index contributed by atoms with van der Waals surface area (Å²) in [5, 5.41) is 6.57. The smallest absolute Gasteiger partial charge is 0.191 e. The minimum Gasteiger partial charge on any atom is -0.489 e. The SMILES string of the molecule is CN=C(NCCN(CCOC)C1CC1)NCC(C)Oc1cccc(F)c1.I. The Kier molecular flexibility index (Phi) is 11.6. The van der Waals surface area contributed by atoms with E-state index in [2.05, 4.69) is 20.5 Å². The molecule has 0 heterocycles. The molecule has 2 rings (SSSR count). The van der Waals surface area contributed by atoms with Gasteiger partial charge in [0.25, 0.3) is 0 Å². The second kappa shape index (κ2) is 13.1. The number of aliphatic imine (C=N–C) groups is 1. The molecule has 2 N–H and O–H groups in total. The van der Waals surface area contributed by atoms with E-state index in [0.29, 0.717) is 18.3 Å². The molecule has 1 aliphatic rings. The number of hydrogen-bond donors (Lipinski definition) is 2. The van der Waals surface area contributed by atoms with Gasteiger partial charge in [0.2, 0.25) is 0 Å². The van der Waals surface area contributed by atoms with Crippen molar-refractivity contribution in [1.82, 2.24) is 15.5 Å². The minimum absolute atomic E-state index is 0. The second-order valence-electron chi connectivity index (χ2n) is 6.53. The molecule has 1 unspecified atom stereocenters. The van der Waals surface area contributed by atoms with Gasteiger partial charge >= 0.3 is 0 Å². The van der Waals surface area contributed by atoms with Gasteiger partial charge in [0.05, 0.1) is 13.2 Å². The Balaban J connectivity index is 0.00000364. The number of methoxy groups -OCH3 is 1. The summed E-state index contributed by atoms with van der Waals surface area (Å²) in [4.78, 5) is 6.69. The third-order valence-electron chi connectivity index (χ3n) is 4.25. The van der Waals surface area contributed by atoms with E-state index >= 15 is 0 Å². The largest absolute Gasteiger partial charge is 0.489 e. The van der Waals surface area contributed by atoms with Crippen molar-refractivity contribution in [2.24, 2.45) is 4.99 Å². The van der Waals surface area contributed by atoms with Gasteiger partial charge in [-0.15, -0.1) is 24.0 Å². The van der Waals surface area contributed by atoms with Crippen molar-refractivity contribution < 1.29 is 13.9 Å². The molecule has 1 saturated carbocycles. The second-order valence-corrected chi connectivity index (χ2v) is 6.53. The standard InChI is InChI=1S/C19H31FN4O2.HI/c1-15(26-18-6-4-5-16(20)13-18)14-23-19(21-2)22-9-10-24(11-12-25-3)17-7-8-17;/h4-6,13,15,17H,7-12,14H2,1-3H3,(H2,21,22,23);1H. The highest BCUT2D eigenvalue weighted by Gasteiger charge is 2.28. The van der Waals surface area contributed by atoms with Crippen LogP contribution in [0.25, 0.3) is 0 Å². The fraction of sp³-hybridized carbons (Fsp3) is 0.632. The van der Waals surface area contributed by atoms with Gasteiger partial charge in [0.1, 0.15) is 17.7 Å². The predicted molar refractivity (Wildman–Crippen MR) is 118 cm³/mol. The van der Waals surface area contributed by atoms with E-state index in [1.807, 2.05) is 6.92 Å². The molecule has 8 heteroatoms. The van der Waals surface area contributed by atoms with Crippen LogP contribution in [0, 0.1) is 5.82 Å². The van der Waals surface area contributed by atoms with Gasteiger partial charge in [-0.25, -0.2) is 4.39 Å². The van der Waals surface area contributed by atoms with Crippen molar-refractivity contribution in [1.29, 1.82) is 0 Å². The Morgan fingerprint density at radius 1 is 1.33 bits per heavy atom. The predicted octanol–water partition coefficient (Wildman–Crippen LogP) is 2.49. The molecule has 1 fully saturated rings. The number of guanidine groups is 1. The zero-order valence-electron chi connectivity index (χ0n) is 16.4. The highest BCUT2D eigenvalue weighted by Crippen LogP contribution is 2.25. The van der Waals surface area contributed by atoms with Gasteiger partial charge in [-0.3, -0.25) is 9.89 Å². The Bertz CT molecular complexity index is 572. The molecule has 1 aliphatic carbocycles. The molecule has 0 spiro atoms. The van der Waals surface area contributed by atoms with Crippen molar-refractivity contribution in [3.8, 4) is 5.75 Å². The lowest BCUT2D eigenvalue weighted by atomic mass is 10.3. The Labute approximate surface area is 178 Å². The van der Waals surface area contributed by atoms with Crippen molar-refractivity contribution >= 4 is 29.9 Å². The molecule has 154 valence electrons. The number of ether oxygens (including phenoxy) is 2. The molecule has 0 aromatic heterocycles. The maximum atomic E-state index is 13.2. The van der Waals surface area contributed by atoms with Gasteiger partial charge < -0.3 is 20.1 Å². The van der Waals surface area contributed by atoms with E-state index in [-0.39, 0.29) is 35.9 Å². The monoisotopic (exact) mass is 494 g/mol. The first kappa shape index (κ1) is 23.9. The summed E-state index contributed by atoms with van der Waals surface area (Å²) >= 11 is 0. The van der Waals surface area contributed by atoms with Crippen LogP contribution in [0.5, 0.6) is 5.75 Å². The lowest BCUT2D eigenvalue weighted by Crippen LogP contribution is -2.45. The maximum absolute atomic E-state index is 13.2. The highest BCUT2D eigenvalue weighted by molar-refractivity contribution is 14.0. The molecule has 0 amide bonds. The number of benzene rings is 1. The van der Waals surface area contributed by atoms with Crippen LogP contribution in [0.4, 0.5) is 4.39 Å². The van der Waals surface area contributed by atoms with E-state index < -0.39 is 0 Å². The summed E-state index contributed by atoms with van der Waals surface area (Å²) in [6.07, 6.45) is 2.46. The molecule has 6 nitrogen and oxygen atoms in total. The highest BCUT2D eigenvalue weighted by atomic mass is 127. The fourth-order valence-corrected chi connectivity index (χ4v) is 2.72. The summed E-state index contributed by atoms with van der Waals surface area (Å²) < 4.78 is 24.1. The Morgan fingerprint density at radius 2 is 2.11 bits per heavy atom. The summed E-state index contributed by atoms with van der Waals surface area (Å²) in [7, 11) is 3.49. The lowest BCUT2D eigenvalue weighted by Gasteiger charge is -2.23. The summed E-state index contributed by atoms with van der Waals surface area (Å²) in [5.41, 5.74) is 0. The van der Waals surface area contributed by atoms with Crippen molar-refractivity contribution in [3.05, 3.63) is 30.1 Å². The van der Waals surface area contributed by atoms with E-state index in [1.54, 1.807) is 26.3 Å². The zero-order chi connectivity index (χ0) is 18.8. The molecule has 0 saturated heterocycles. The molecule has 0 aliphatic heterocycles. The third kappa shape index (κ3) is 9.57. The van der Waals surface area contributed by atoms with Crippen LogP contribution in [0.2, 0.25) is 0 Å². The molecule has 0 radical (unpaired) electrons. The van der Waals surface area contributed by atoms with Crippen LogP contribution in [-0.4, -0.2) is 69.9 Å². The van der Waals surface area contributed by atoms with E-state index in [1.165, 1.54) is 25.0 Å². The minimum atomic E-state index is -0.297. The molecule has 27 heavy (non-hydrogen) atoms. The summed E-state index contributed by atoms with van der Waals surface area (Å²) in [6, 6.07) is 6.89. The third-order valence-corrected chi connectivity index (χ3v) is 4.25. The van der Waals surface area contributed by atoms with Crippen LogP contribution in [0.1, 0.15) is 19.8 Å². The Morgan fingerprint density at radius 3 is 2.74 bits per heavy atom. The number of nitrogens with one attached hydrogen (secondary N) is 2. The number of nitrogens with zero attached hydrogens (tertiary/aromatic N) is 2. The Hall–Kier alpha value is -1.13. The first-order valence-corrected chi connectivity index (χ1v) is 9.22. The molecular formula is C19H32FIN4O2. The van der Waals surface area contributed by atoms with Crippen LogP contribution >= 0.6 is 24.0 Å². The van der Waals surface area contributed by atoms with Crippen LogP contribution in [0.15, 0.2) is 29.3 Å². The molecule has 0 bridgehead atoms. The fourth-order valence-electron chi connectivity index (χ4n) is 2.72. The average Bonchev–Trinajstić information content (AvgIpc) is 3.45. The average molecular weight is 494 g/mol. The van der Waals surface area contributed by atoms with Gasteiger partial charge in [0, 0.05) is 45.9 Å². The van der Waals surface area contributed by atoms with E-state index in [9.17, 15) is 4.39 Å². The summed E-state index contributed by atoms with van der Waals surface area (Å²) in [5.74, 6) is 0.969. The maximum Gasteiger partial charge on any atom is 0.191 e.